The third kappa shape index (κ3) is 2.01. The minimum atomic E-state index is 1.00. The van der Waals surface area contributed by atoms with Crippen molar-refractivity contribution in [2.75, 3.05) is 0 Å². The monoisotopic (exact) mass is 284 g/mol. The molecule has 4 rings (SSSR count). The van der Waals surface area contributed by atoms with Crippen molar-refractivity contribution < 1.29 is 0 Å². The number of benzene rings is 3. The molecule has 22 heavy (non-hydrogen) atoms. The van der Waals surface area contributed by atoms with E-state index in [2.05, 4.69) is 78.3 Å². The van der Waals surface area contributed by atoms with Gasteiger partial charge in [0.25, 0.3) is 0 Å². The van der Waals surface area contributed by atoms with Gasteiger partial charge >= 0.3 is 0 Å². The number of fused-ring (bicyclic) bond motifs is 1. The fraction of sp³-hybridized carbons (Fsp3) is 0.0500. The third-order valence-electron chi connectivity index (χ3n) is 4.04. The summed E-state index contributed by atoms with van der Waals surface area (Å²) in [6, 6.07) is 27.2. The first-order valence-corrected chi connectivity index (χ1v) is 7.41. The van der Waals surface area contributed by atoms with E-state index in [0.717, 1.165) is 22.4 Å². The molecule has 106 valence electrons. The Balaban J connectivity index is 1.98. The maximum Gasteiger partial charge on any atom is 0.141 e. The van der Waals surface area contributed by atoms with E-state index in [1.165, 1.54) is 11.1 Å². The minimum absolute atomic E-state index is 1.00. The van der Waals surface area contributed by atoms with E-state index < -0.39 is 0 Å². The van der Waals surface area contributed by atoms with Crippen LogP contribution in [-0.4, -0.2) is 9.55 Å². The first-order chi connectivity index (χ1) is 10.8. The molecule has 0 aliphatic carbocycles. The van der Waals surface area contributed by atoms with Crippen LogP contribution in [0, 0.1) is 0 Å². The van der Waals surface area contributed by atoms with E-state index in [0.29, 0.717) is 0 Å². The average molecular weight is 284 g/mol. The number of rotatable bonds is 2. The van der Waals surface area contributed by atoms with E-state index in [-0.39, 0.29) is 0 Å². The molecule has 0 spiro atoms. The summed E-state index contributed by atoms with van der Waals surface area (Å²) in [5.41, 5.74) is 5.77. The zero-order valence-corrected chi connectivity index (χ0v) is 12.4. The van der Waals surface area contributed by atoms with Gasteiger partial charge in [-0.3, -0.25) is 0 Å². The van der Waals surface area contributed by atoms with Crippen molar-refractivity contribution in [3.8, 4) is 22.5 Å². The van der Waals surface area contributed by atoms with Crippen molar-refractivity contribution in [1.29, 1.82) is 0 Å². The van der Waals surface area contributed by atoms with Gasteiger partial charge in [0.05, 0.1) is 11.0 Å². The van der Waals surface area contributed by atoms with Gasteiger partial charge in [-0.1, -0.05) is 66.7 Å². The minimum Gasteiger partial charge on any atom is -0.327 e. The highest BCUT2D eigenvalue weighted by Crippen LogP contribution is 2.32. The number of hydrogen-bond acceptors (Lipinski definition) is 1. The summed E-state index contributed by atoms with van der Waals surface area (Å²) in [6.07, 6.45) is 0. The highest BCUT2D eigenvalue weighted by atomic mass is 15.1. The van der Waals surface area contributed by atoms with Gasteiger partial charge < -0.3 is 4.57 Å². The summed E-state index contributed by atoms with van der Waals surface area (Å²) in [6.45, 7) is 0. The largest absolute Gasteiger partial charge is 0.327 e. The first-order valence-electron chi connectivity index (χ1n) is 7.41. The van der Waals surface area contributed by atoms with Crippen molar-refractivity contribution in [3.63, 3.8) is 0 Å². The lowest BCUT2D eigenvalue weighted by atomic mass is 9.99. The number of para-hydroxylation sites is 2. The van der Waals surface area contributed by atoms with Gasteiger partial charge in [0.2, 0.25) is 0 Å². The number of nitrogens with zero attached hydrogens (tertiary/aromatic N) is 2. The molecule has 1 aromatic heterocycles. The van der Waals surface area contributed by atoms with Crippen LogP contribution in [0.1, 0.15) is 0 Å². The smallest absolute Gasteiger partial charge is 0.141 e. The molecule has 3 aromatic carbocycles. The molecule has 0 atom stereocenters. The fourth-order valence-corrected chi connectivity index (χ4v) is 2.93. The van der Waals surface area contributed by atoms with E-state index in [1.807, 2.05) is 12.1 Å². The Hall–Kier alpha value is -2.87. The average Bonchev–Trinajstić information content (AvgIpc) is 2.93. The summed E-state index contributed by atoms with van der Waals surface area (Å²) >= 11 is 0. The topological polar surface area (TPSA) is 17.8 Å². The van der Waals surface area contributed by atoms with Crippen molar-refractivity contribution >= 4 is 11.0 Å². The third-order valence-corrected chi connectivity index (χ3v) is 4.04. The van der Waals surface area contributed by atoms with Crippen molar-refractivity contribution in [2.24, 2.45) is 7.05 Å². The zero-order valence-electron chi connectivity index (χ0n) is 12.4. The molecule has 0 radical (unpaired) electrons. The fourth-order valence-electron chi connectivity index (χ4n) is 2.93. The van der Waals surface area contributed by atoms with Crippen LogP contribution in [0.2, 0.25) is 0 Å². The van der Waals surface area contributed by atoms with Gasteiger partial charge in [-0.05, 0) is 23.3 Å². The van der Waals surface area contributed by atoms with Crippen LogP contribution in [0.15, 0.2) is 78.9 Å². The molecular formula is C20H16N2. The molecule has 2 nitrogen and oxygen atoms in total. The molecule has 0 unspecified atom stereocenters. The highest BCUT2D eigenvalue weighted by molar-refractivity contribution is 5.86. The molecule has 0 bridgehead atoms. The van der Waals surface area contributed by atoms with Crippen LogP contribution >= 0.6 is 0 Å². The number of imidazole rings is 1. The molecule has 4 aromatic rings. The Kier molecular flexibility index (Phi) is 3.01. The van der Waals surface area contributed by atoms with E-state index >= 15 is 0 Å². The van der Waals surface area contributed by atoms with Crippen LogP contribution in [0.3, 0.4) is 0 Å². The quantitative estimate of drug-likeness (QED) is 0.511. The summed E-state index contributed by atoms with van der Waals surface area (Å²) in [7, 11) is 2.08. The van der Waals surface area contributed by atoms with Crippen molar-refractivity contribution in [1.82, 2.24) is 9.55 Å². The standard InChI is InChI=1S/C20H16N2/c1-22-19-14-8-7-13-18(19)21-20(22)17-12-6-5-11-16(17)15-9-3-2-4-10-15/h2-14H,1H3. The second kappa shape index (κ2) is 5.15. The SMILES string of the molecule is Cn1c(-c2ccccc2-c2ccccc2)nc2ccccc21. The summed E-state index contributed by atoms with van der Waals surface area (Å²) < 4.78 is 2.16. The Morgan fingerprint density at radius 2 is 1.32 bits per heavy atom. The number of aryl methyl sites for hydroxylation is 1. The molecule has 2 heteroatoms. The maximum atomic E-state index is 4.83. The molecule has 0 amide bonds. The maximum absolute atomic E-state index is 4.83. The lowest BCUT2D eigenvalue weighted by molar-refractivity contribution is 0.960. The van der Waals surface area contributed by atoms with Crippen molar-refractivity contribution in [2.45, 2.75) is 0 Å². The van der Waals surface area contributed by atoms with Gasteiger partial charge in [0.1, 0.15) is 5.82 Å². The molecule has 0 saturated heterocycles. The van der Waals surface area contributed by atoms with Crippen LogP contribution in [-0.2, 0) is 7.05 Å². The van der Waals surface area contributed by atoms with E-state index in [4.69, 9.17) is 4.98 Å². The van der Waals surface area contributed by atoms with E-state index in [1.54, 1.807) is 0 Å². The predicted octanol–water partition coefficient (Wildman–Crippen LogP) is 4.91. The van der Waals surface area contributed by atoms with Gasteiger partial charge in [0.15, 0.2) is 0 Å². The highest BCUT2D eigenvalue weighted by Gasteiger charge is 2.13. The van der Waals surface area contributed by atoms with Crippen LogP contribution in [0.25, 0.3) is 33.5 Å². The lowest BCUT2D eigenvalue weighted by Gasteiger charge is -2.09. The van der Waals surface area contributed by atoms with E-state index in [9.17, 15) is 0 Å². The zero-order chi connectivity index (χ0) is 14.9. The second-order valence-corrected chi connectivity index (χ2v) is 5.39. The Morgan fingerprint density at radius 1 is 0.682 bits per heavy atom. The molecule has 0 aliphatic heterocycles. The Bertz CT molecular complexity index is 936. The van der Waals surface area contributed by atoms with Gasteiger partial charge in [-0.15, -0.1) is 0 Å². The van der Waals surface area contributed by atoms with Crippen molar-refractivity contribution in [3.05, 3.63) is 78.9 Å². The number of aromatic nitrogens is 2. The molecule has 0 N–H and O–H groups in total. The predicted molar refractivity (Wildman–Crippen MR) is 91.6 cm³/mol. The molecule has 0 saturated carbocycles. The molecular weight excluding hydrogens is 268 g/mol. The van der Waals surface area contributed by atoms with Crippen LogP contribution < -0.4 is 0 Å². The van der Waals surface area contributed by atoms with Crippen LogP contribution in [0.5, 0.6) is 0 Å². The van der Waals surface area contributed by atoms with Gasteiger partial charge in [-0.2, -0.15) is 0 Å². The lowest BCUT2D eigenvalue weighted by Crippen LogP contribution is -1.94. The van der Waals surface area contributed by atoms with Gasteiger partial charge in [0, 0.05) is 12.6 Å². The number of hydrogen-bond donors (Lipinski definition) is 0. The normalized spacial score (nSPS) is 11.0. The van der Waals surface area contributed by atoms with Gasteiger partial charge in [-0.25, -0.2) is 4.98 Å². The Labute approximate surface area is 129 Å². The summed E-state index contributed by atoms with van der Waals surface area (Å²) in [5, 5.41) is 0. The second-order valence-electron chi connectivity index (χ2n) is 5.39. The molecule has 0 fully saturated rings. The Morgan fingerprint density at radius 3 is 2.09 bits per heavy atom. The first kappa shape index (κ1) is 12.8. The summed E-state index contributed by atoms with van der Waals surface area (Å²) in [4.78, 5) is 4.83. The molecule has 1 heterocycles. The van der Waals surface area contributed by atoms with Crippen LogP contribution in [0.4, 0.5) is 0 Å². The summed E-state index contributed by atoms with van der Waals surface area (Å²) in [5.74, 6) is 1.00. The molecule has 0 aliphatic rings.